The number of aromatic amines is 1. The number of aliphatic carboxylic acids is 1. The first-order valence-corrected chi connectivity index (χ1v) is 7.56. The van der Waals surface area contributed by atoms with Crippen LogP contribution in [0.5, 0.6) is 0 Å². The van der Waals surface area contributed by atoms with Crippen LogP contribution in [0.1, 0.15) is 5.56 Å². The first-order chi connectivity index (χ1) is 10.5. The smallest absolute Gasteiger partial charge is 0.307 e. The topological polar surface area (TPSA) is 53.1 Å². The predicted molar refractivity (Wildman–Crippen MR) is 90.1 cm³/mol. The summed E-state index contributed by atoms with van der Waals surface area (Å²) in [5, 5.41) is 11.4. The summed E-state index contributed by atoms with van der Waals surface area (Å²) in [5.41, 5.74) is 2.97. The minimum absolute atomic E-state index is 0.115. The van der Waals surface area contributed by atoms with Gasteiger partial charge in [-0.15, -0.1) is 0 Å². The summed E-state index contributed by atoms with van der Waals surface area (Å²) in [7, 11) is 0. The number of halogens is 3. The van der Waals surface area contributed by atoms with Gasteiger partial charge in [-0.25, -0.2) is 0 Å². The molecule has 0 atom stereocenters. The molecule has 0 spiro atoms. The Balaban J connectivity index is 2.27. The van der Waals surface area contributed by atoms with Gasteiger partial charge in [0.05, 0.1) is 22.2 Å². The molecule has 1 aromatic heterocycles. The molecule has 0 unspecified atom stereocenters. The number of hydrogen-bond donors (Lipinski definition) is 2. The van der Waals surface area contributed by atoms with Crippen molar-refractivity contribution in [3.8, 4) is 11.3 Å². The number of benzene rings is 2. The average Bonchev–Trinajstić information content (AvgIpc) is 2.79. The van der Waals surface area contributed by atoms with Crippen LogP contribution in [0.15, 0.2) is 36.4 Å². The summed E-state index contributed by atoms with van der Waals surface area (Å²) in [4.78, 5) is 14.4. The van der Waals surface area contributed by atoms with E-state index < -0.39 is 5.97 Å². The molecule has 0 fully saturated rings. The molecule has 0 radical (unpaired) electrons. The minimum atomic E-state index is -0.915. The van der Waals surface area contributed by atoms with Crippen molar-refractivity contribution < 1.29 is 9.90 Å². The molecule has 3 aromatic rings. The Labute approximate surface area is 141 Å². The highest BCUT2D eigenvalue weighted by atomic mass is 35.5. The van der Waals surface area contributed by atoms with E-state index in [1.54, 1.807) is 30.3 Å². The molecule has 2 N–H and O–H groups in total. The van der Waals surface area contributed by atoms with Gasteiger partial charge in [0.1, 0.15) is 0 Å². The molecule has 0 bridgehead atoms. The van der Waals surface area contributed by atoms with Gasteiger partial charge in [0.15, 0.2) is 0 Å². The van der Waals surface area contributed by atoms with Crippen LogP contribution in [0.2, 0.25) is 15.1 Å². The molecule has 1 heterocycles. The van der Waals surface area contributed by atoms with Crippen molar-refractivity contribution in [3.05, 3.63) is 57.0 Å². The van der Waals surface area contributed by atoms with E-state index >= 15 is 0 Å². The van der Waals surface area contributed by atoms with Gasteiger partial charge >= 0.3 is 5.97 Å². The zero-order valence-electron chi connectivity index (χ0n) is 11.2. The van der Waals surface area contributed by atoms with Crippen molar-refractivity contribution in [2.45, 2.75) is 6.42 Å². The van der Waals surface area contributed by atoms with Gasteiger partial charge in [0.2, 0.25) is 0 Å². The lowest BCUT2D eigenvalue weighted by Gasteiger charge is -2.05. The van der Waals surface area contributed by atoms with Crippen molar-refractivity contribution in [2.75, 3.05) is 0 Å². The van der Waals surface area contributed by atoms with Crippen LogP contribution in [0.3, 0.4) is 0 Å². The Hall–Kier alpha value is -1.68. The highest BCUT2D eigenvalue weighted by Gasteiger charge is 2.17. The van der Waals surface area contributed by atoms with E-state index in [1.165, 1.54) is 0 Å². The second-order valence-electron chi connectivity index (χ2n) is 4.87. The summed E-state index contributed by atoms with van der Waals surface area (Å²) in [6, 6.07) is 10.5. The molecule has 0 amide bonds. The Kier molecular flexibility index (Phi) is 4.04. The number of hydrogen-bond acceptors (Lipinski definition) is 1. The summed E-state index contributed by atoms with van der Waals surface area (Å²) < 4.78 is 0. The van der Waals surface area contributed by atoms with Crippen LogP contribution < -0.4 is 0 Å². The number of carboxylic acid groups (broad SMARTS) is 1. The van der Waals surface area contributed by atoms with E-state index in [0.29, 0.717) is 26.3 Å². The molecule has 0 aliphatic carbocycles. The molecule has 22 heavy (non-hydrogen) atoms. The number of aromatic nitrogens is 1. The molecule has 0 saturated carbocycles. The number of carboxylic acids is 1. The number of fused-ring (bicyclic) bond motifs is 1. The number of rotatable bonds is 3. The van der Waals surface area contributed by atoms with E-state index in [9.17, 15) is 9.90 Å². The van der Waals surface area contributed by atoms with Crippen molar-refractivity contribution in [2.24, 2.45) is 0 Å². The Morgan fingerprint density at radius 2 is 1.82 bits per heavy atom. The maximum atomic E-state index is 11.2. The number of nitrogens with one attached hydrogen (secondary N) is 1. The van der Waals surface area contributed by atoms with Crippen LogP contribution in [-0.4, -0.2) is 16.1 Å². The fourth-order valence-electron chi connectivity index (χ4n) is 2.45. The molecule has 3 rings (SSSR count). The second kappa shape index (κ2) is 5.84. The van der Waals surface area contributed by atoms with Gasteiger partial charge in [-0.3, -0.25) is 4.79 Å². The van der Waals surface area contributed by atoms with E-state index in [-0.39, 0.29) is 6.42 Å². The van der Waals surface area contributed by atoms with Gasteiger partial charge in [-0.05, 0) is 41.5 Å². The predicted octanol–water partition coefficient (Wildman–Crippen LogP) is 5.42. The van der Waals surface area contributed by atoms with Crippen LogP contribution in [0, 0.1) is 0 Å². The lowest BCUT2D eigenvalue weighted by Crippen LogP contribution is -2.01. The van der Waals surface area contributed by atoms with Gasteiger partial charge in [-0.2, -0.15) is 0 Å². The quantitative estimate of drug-likeness (QED) is 0.659. The van der Waals surface area contributed by atoms with E-state index in [2.05, 4.69) is 4.98 Å². The fraction of sp³-hybridized carbons (Fsp3) is 0.0625. The van der Waals surface area contributed by atoms with Crippen LogP contribution in [0.25, 0.3) is 22.2 Å². The van der Waals surface area contributed by atoms with E-state index in [0.717, 1.165) is 16.5 Å². The standard InChI is InChI=1S/C16H10Cl3NO2/c17-9-2-4-14-10(6-9)11(7-15(21)22)16(20-14)8-1-3-12(18)13(19)5-8/h1-6,20H,7H2,(H,21,22). The van der Waals surface area contributed by atoms with Crippen molar-refractivity contribution in [3.63, 3.8) is 0 Å². The average molecular weight is 355 g/mol. The van der Waals surface area contributed by atoms with Crippen molar-refractivity contribution in [1.82, 2.24) is 4.98 Å². The Bertz CT molecular complexity index is 886. The second-order valence-corrected chi connectivity index (χ2v) is 6.12. The number of carbonyl (C=O) groups is 1. The fourth-order valence-corrected chi connectivity index (χ4v) is 2.92. The zero-order valence-corrected chi connectivity index (χ0v) is 13.4. The van der Waals surface area contributed by atoms with Gasteiger partial charge < -0.3 is 10.1 Å². The summed E-state index contributed by atoms with van der Waals surface area (Å²) >= 11 is 18.0. The summed E-state index contributed by atoms with van der Waals surface area (Å²) in [6.45, 7) is 0. The lowest BCUT2D eigenvalue weighted by molar-refractivity contribution is -0.136. The van der Waals surface area contributed by atoms with E-state index in [1.807, 2.05) is 6.07 Å². The molecule has 0 saturated heterocycles. The zero-order chi connectivity index (χ0) is 15.9. The first kappa shape index (κ1) is 15.2. The van der Waals surface area contributed by atoms with Crippen molar-refractivity contribution in [1.29, 1.82) is 0 Å². The van der Waals surface area contributed by atoms with Crippen molar-refractivity contribution >= 4 is 51.7 Å². The Morgan fingerprint density at radius 3 is 2.50 bits per heavy atom. The maximum Gasteiger partial charge on any atom is 0.307 e. The molecule has 112 valence electrons. The molecule has 3 nitrogen and oxygen atoms in total. The molecule has 0 aliphatic rings. The highest BCUT2D eigenvalue weighted by Crippen LogP contribution is 2.35. The lowest BCUT2D eigenvalue weighted by atomic mass is 10.0. The monoisotopic (exact) mass is 353 g/mol. The molecule has 6 heteroatoms. The number of H-pyrrole nitrogens is 1. The molecule has 2 aromatic carbocycles. The minimum Gasteiger partial charge on any atom is -0.481 e. The van der Waals surface area contributed by atoms with Gasteiger partial charge in [-0.1, -0.05) is 40.9 Å². The SMILES string of the molecule is O=C(O)Cc1c(-c2ccc(Cl)c(Cl)c2)[nH]c2ccc(Cl)cc12. The Morgan fingerprint density at radius 1 is 1.05 bits per heavy atom. The normalized spacial score (nSPS) is 11.0. The maximum absolute atomic E-state index is 11.2. The first-order valence-electron chi connectivity index (χ1n) is 6.43. The third-order valence-corrected chi connectivity index (χ3v) is 4.38. The summed E-state index contributed by atoms with van der Waals surface area (Å²) in [6.07, 6.45) is -0.115. The van der Waals surface area contributed by atoms with Crippen LogP contribution in [-0.2, 0) is 11.2 Å². The molecule has 0 aliphatic heterocycles. The third-order valence-electron chi connectivity index (χ3n) is 3.40. The molecular formula is C16H10Cl3NO2. The van der Waals surface area contributed by atoms with Crippen LogP contribution in [0.4, 0.5) is 0 Å². The van der Waals surface area contributed by atoms with Gasteiger partial charge in [0.25, 0.3) is 0 Å². The largest absolute Gasteiger partial charge is 0.481 e. The van der Waals surface area contributed by atoms with E-state index in [4.69, 9.17) is 34.8 Å². The van der Waals surface area contributed by atoms with Crippen LogP contribution >= 0.6 is 34.8 Å². The highest BCUT2D eigenvalue weighted by molar-refractivity contribution is 6.42. The third kappa shape index (κ3) is 2.80. The summed E-state index contributed by atoms with van der Waals surface area (Å²) in [5.74, 6) is -0.915. The van der Waals surface area contributed by atoms with Gasteiger partial charge in [0, 0.05) is 15.9 Å². The molecular weight excluding hydrogens is 345 g/mol.